The minimum absolute atomic E-state index is 0.0716. The van der Waals surface area contributed by atoms with E-state index >= 15 is 0 Å². The first-order valence-corrected chi connectivity index (χ1v) is 6.30. The van der Waals surface area contributed by atoms with Gasteiger partial charge in [-0.3, -0.25) is 4.79 Å². The summed E-state index contributed by atoms with van der Waals surface area (Å²) in [5.74, 6) is -1.73. The lowest BCUT2D eigenvalue weighted by Gasteiger charge is -2.20. The minimum atomic E-state index is -1.15. The Morgan fingerprint density at radius 2 is 2.15 bits per heavy atom. The highest BCUT2D eigenvalue weighted by molar-refractivity contribution is 5.82. The minimum Gasteiger partial charge on any atom is -0.459 e. The average Bonchev–Trinajstić information content (AvgIpc) is 2.69. The second-order valence-electron chi connectivity index (χ2n) is 5.62. The van der Waals surface area contributed by atoms with Crippen LogP contribution in [0.5, 0.6) is 0 Å². The van der Waals surface area contributed by atoms with Crippen LogP contribution < -0.4 is 0 Å². The second-order valence-corrected chi connectivity index (χ2v) is 5.62. The van der Waals surface area contributed by atoms with Gasteiger partial charge in [0.25, 0.3) is 0 Å². The Hall–Kier alpha value is -2.35. The molecular formula is C15H16N2O3. The number of nitrogens with zero attached hydrogens (tertiary/aromatic N) is 2. The zero-order valence-electron chi connectivity index (χ0n) is 11.9. The van der Waals surface area contributed by atoms with Gasteiger partial charge < -0.3 is 9.15 Å². The zero-order valence-corrected chi connectivity index (χ0v) is 11.9. The number of fused-ring (bicyclic) bond motifs is 1. The van der Waals surface area contributed by atoms with Gasteiger partial charge in [-0.1, -0.05) is 6.07 Å². The average molecular weight is 272 g/mol. The van der Waals surface area contributed by atoms with Crippen LogP contribution in [0.3, 0.4) is 0 Å². The van der Waals surface area contributed by atoms with Crippen LogP contribution in [0.2, 0.25) is 0 Å². The number of rotatable bonds is 2. The first kappa shape index (κ1) is 14.1. The molecule has 1 heterocycles. The fraction of sp³-hybridized carbons (Fsp3) is 0.400. The second kappa shape index (κ2) is 4.97. The third kappa shape index (κ3) is 2.97. The highest BCUT2D eigenvalue weighted by Gasteiger charge is 2.30. The van der Waals surface area contributed by atoms with Gasteiger partial charge >= 0.3 is 5.97 Å². The molecule has 0 spiro atoms. The van der Waals surface area contributed by atoms with Crippen LogP contribution >= 0.6 is 0 Å². The molecule has 5 heteroatoms. The normalized spacial score (nSPS) is 12.9. The molecule has 0 aliphatic rings. The summed E-state index contributed by atoms with van der Waals surface area (Å²) in [4.78, 5) is 16.2. The smallest absolute Gasteiger partial charge is 0.333 e. The Morgan fingerprint density at radius 1 is 1.45 bits per heavy atom. The molecule has 5 nitrogen and oxygen atoms in total. The molecule has 0 aliphatic carbocycles. The number of carbonyl (C=O) groups is 1. The molecule has 0 fully saturated rings. The van der Waals surface area contributed by atoms with Gasteiger partial charge in [-0.05, 0) is 45.4 Å². The topological polar surface area (TPSA) is 76.1 Å². The van der Waals surface area contributed by atoms with Gasteiger partial charge in [-0.2, -0.15) is 5.26 Å². The van der Waals surface area contributed by atoms with Crippen molar-refractivity contribution in [3.05, 3.63) is 29.7 Å². The van der Waals surface area contributed by atoms with E-state index in [1.165, 1.54) is 0 Å². The number of ether oxygens (including phenoxy) is 1. The molecule has 20 heavy (non-hydrogen) atoms. The number of carbonyl (C=O) groups excluding carboxylic acids is 1. The first-order chi connectivity index (χ1) is 9.30. The Balaban J connectivity index is 2.35. The molecular weight excluding hydrogens is 256 g/mol. The van der Waals surface area contributed by atoms with Gasteiger partial charge in [0, 0.05) is 0 Å². The molecule has 0 saturated carbocycles. The van der Waals surface area contributed by atoms with E-state index in [0.717, 1.165) is 5.56 Å². The maximum atomic E-state index is 12.0. The molecule has 0 N–H and O–H groups in total. The van der Waals surface area contributed by atoms with E-state index in [-0.39, 0.29) is 5.89 Å². The van der Waals surface area contributed by atoms with Gasteiger partial charge in [-0.15, -0.1) is 0 Å². The molecule has 2 rings (SSSR count). The highest BCUT2D eigenvalue weighted by atomic mass is 16.6. The maximum absolute atomic E-state index is 12.0. The highest BCUT2D eigenvalue weighted by Crippen LogP contribution is 2.24. The summed E-state index contributed by atoms with van der Waals surface area (Å²) in [6.45, 7) is 7.17. The molecule has 0 amide bonds. The molecule has 0 radical (unpaired) electrons. The Bertz CT molecular complexity index is 689. The lowest BCUT2D eigenvalue weighted by atomic mass is 10.1. The Kier molecular flexibility index (Phi) is 3.49. The van der Waals surface area contributed by atoms with Crippen LogP contribution in [0.1, 0.15) is 38.1 Å². The maximum Gasteiger partial charge on any atom is 0.333 e. The number of esters is 1. The largest absolute Gasteiger partial charge is 0.459 e. The number of aromatic nitrogens is 1. The van der Waals surface area contributed by atoms with Gasteiger partial charge in [0.05, 0.1) is 6.07 Å². The molecule has 0 bridgehead atoms. The molecule has 104 valence electrons. The summed E-state index contributed by atoms with van der Waals surface area (Å²) in [5, 5.41) is 9.18. The standard InChI is InChI=1S/C15H16N2O3/c1-9-5-6-12-11(7-9)17-13(19-12)10(8-16)14(18)20-15(2,3)4/h5-7,10H,1-4H3. The lowest BCUT2D eigenvalue weighted by molar-refractivity contribution is -0.155. The van der Waals surface area contributed by atoms with E-state index in [9.17, 15) is 10.1 Å². The predicted octanol–water partition coefficient (Wildman–Crippen LogP) is 3.09. The molecule has 1 aromatic heterocycles. The van der Waals surface area contributed by atoms with Crippen molar-refractivity contribution in [3.63, 3.8) is 0 Å². The van der Waals surface area contributed by atoms with Gasteiger partial charge in [0.15, 0.2) is 5.58 Å². The van der Waals surface area contributed by atoms with Gasteiger partial charge in [0.1, 0.15) is 11.1 Å². The molecule has 0 aliphatic heterocycles. The van der Waals surface area contributed by atoms with Gasteiger partial charge in [-0.25, -0.2) is 4.98 Å². The fourth-order valence-electron chi connectivity index (χ4n) is 1.75. The summed E-state index contributed by atoms with van der Waals surface area (Å²) in [7, 11) is 0. The van der Waals surface area contributed by atoms with E-state index < -0.39 is 17.5 Å². The van der Waals surface area contributed by atoms with Crippen LogP contribution in [-0.4, -0.2) is 16.6 Å². The van der Waals surface area contributed by atoms with Crippen molar-refractivity contribution in [1.29, 1.82) is 5.26 Å². The van der Waals surface area contributed by atoms with Crippen LogP contribution in [0.4, 0.5) is 0 Å². The third-order valence-corrected chi connectivity index (χ3v) is 2.58. The summed E-state index contributed by atoms with van der Waals surface area (Å²) in [6, 6.07) is 7.37. The van der Waals surface area contributed by atoms with Crippen molar-refractivity contribution in [2.24, 2.45) is 0 Å². The molecule has 1 unspecified atom stereocenters. The van der Waals surface area contributed by atoms with Crippen molar-refractivity contribution in [3.8, 4) is 6.07 Å². The molecule has 1 aromatic carbocycles. The van der Waals surface area contributed by atoms with Crippen molar-refractivity contribution in [2.45, 2.75) is 39.2 Å². The van der Waals surface area contributed by atoms with Crippen LogP contribution in [0.25, 0.3) is 11.1 Å². The van der Waals surface area contributed by atoms with Crippen molar-refractivity contribution in [2.75, 3.05) is 0 Å². The van der Waals surface area contributed by atoms with E-state index in [4.69, 9.17) is 9.15 Å². The summed E-state index contributed by atoms with van der Waals surface area (Å²) >= 11 is 0. The summed E-state index contributed by atoms with van der Waals surface area (Å²) < 4.78 is 10.7. The quantitative estimate of drug-likeness (QED) is 0.785. The monoisotopic (exact) mass is 272 g/mol. The summed E-state index contributed by atoms with van der Waals surface area (Å²) in [5.41, 5.74) is 1.55. The van der Waals surface area contributed by atoms with Crippen LogP contribution in [0, 0.1) is 18.3 Å². The van der Waals surface area contributed by atoms with Crippen molar-refractivity contribution >= 4 is 17.1 Å². The van der Waals surface area contributed by atoms with Crippen molar-refractivity contribution < 1.29 is 13.9 Å². The van der Waals surface area contributed by atoms with E-state index in [0.29, 0.717) is 11.1 Å². The lowest BCUT2D eigenvalue weighted by Crippen LogP contribution is -2.27. The number of aryl methyl sites for hydroxylation is 1. The van der Waals surface area contributed by atoms with E-state index in [1.807, 2.05) is 25.1 Å². The van der Waals surface area contributed by atoms with Gasteiger partial charge in [0.2, 0.25) is 11.8 Å². The Morgan fingerprint density at radius 3 is 2.75 bits per heavy atom. The SMILES string of the molecule is Cc1ccc2oc(C(C#N)C(=O)OC(C)(C)C)nc2c1. The predicted molar refractivity (Wildman–Crippen MR) is 72.9 cm³/mol. The number of nitriles is 1. The first-order valence-electron chi connectivity index (χ1n) is 6.30. The fourth-order valence-corrected chi connectivity index (χ4v) is 1.75. The number of hydrogen-bond donors (Lipinski definition) is 0. The number of hydrogen-bond acceptors (Lipinski definition) is 5. The van der Waals surface area contributed by atoms with Crippen LogP contribution in [0.15, 0.2) is 22.6 Å². The molecule has 2 aromatic rings. The molecule has 0 saturated heterocycles. The third-order valence-electron chi connectivity index (χ3n) is 2.58. The Labute approximate surface area is 117 Å². The zero-order chi connectivity index (χ0) is 14.9. The van der Waals surface area contributed by atoms with Crippen molar-refractivity contribution in [1.82, 2.24) is 4.98 Å². The van der Waals surface area contributed by atoms with Crippen LogP contribution in [-0.2, 0) is 9.53 Å². The summed E-state index contributed by atoms with van der Waals surface area (Å²) in [6.07, 6.45) is 0. The molecule has 1 atom stereocenters. The van der Waals surface area contributed by atoms with E-state index in [1.54, 1.807) is 26.8 Å². The number of benzene rings is 1. The van der Waals surface area contributed by atoms with E-state index in [2.05, 4.69) is 4.98 Å². The number of oxazole rings is 1.